The summed E-state index contributed by atoms with van der Waals surface area (Å²) in [5.74, 6) is -0.266. The van der Waals surface area contributed by atoms with Crippen LogP contribution in [0, 0.1) is 0 Å². The fourth-order valence-corrected chi connectivity index (χ4v) is 1.58. The van der Waals surface area contributed by atoms with Crippen LogP contribution in [0.15, 0.2) is 12.2 Å². The molecular formula is C13H22O3. The minimum atomic E-state index is -0.266. The maximum absolute atomic E-state index is 11.3. The topological polar surface area (TPSA) is 38.8 Å². The Bertz CT molecular complexity index is 244. The van der Waals surface area contributed by atoms with Crippen LogP contribution in [-0.4, -0.2) is 24.8 Å². The number of rotatable bonds is 8. The molecule has 0 amide bonds. The van der Waals surface area contributed by atoms with Crippen molar-refractivity contribution in [3.63, 3.8) is 0 Å². The van der Waals surface area contributed by atoms with Crippen LogP contribution in [0.5, 0.6) is 0 Å². The number of hydrogen-bond donors (Lipinski definition) is 0. The van der Waals surface area contributed by atoms with Gasteiger partial charge in [-0.05, 0) is 32.6 Å². The number of unbranched alkanes of at least 4 members (excludes halogenated alkanes) is 1. The van der Waals surface area contributed by atoms with Crippen LogP contribution >= 0.6 is 0 Å². The summed E-state index contributed by atoms with van der Waals surface area (Å²) >= 11 is 0. The molecule has 1 heterocycles. The Hall–Kier alpha value is -0.830. The van der Waals surface area contributed by atoms with Gasteiger partial charge in [0.15, 0.2) is 0 Å². The van der Waals surface area contributed by atoms with E-state index in [2.05, 4.69) is 6.58 Å². The Balaban J connectivity index is 2.09. The minimum absolute atomic E-state index is 0.0457. The maximum atomic E-state index is 11.3. The molecule has 0 spiro atoms. The van der Waals surface area contributed by atoms with Gasteiger partial charge in [0.25, 0.3) is 0 Å². The van der Waals surface area contributed by atoms with Gasteiger partial charge >= 0.3 is 5.97 Å². The SMILES string of the molecule is C=C(C)C(=O)OC(CC)CCCCC1CO1. The summed E-state index contributed by atoms with van der Waals surface area (Å²) in [4.78, 5) is 11.3. The monoisotopic (exact) mass is 226 g/mol. The Morgan fingerprint density at radius 3 is 2.75 bits per heavy atom. The molecule has 0 saturated carbocycles. The van der Waals surface area contributed by atoms with Gasteiger partial charge in [-0.2, -0.15) is 0 Å². The van der Waals surface area contributed by atoms with Crippen molar-refractivity contribution in [2.45, 2.75) is 58.2 Å². The number of carbonyl (C=O) groups excluding carboxylic acids is 1. The van der Waals surface area contributed by atoms with Gasteiger partial charge in [-0.25, -0.2) is 4.79 Å². The zero-order chi connectivity index (χ0) is 12.0. The van der Waals surface area contributed by atoms with Crippen molar-refractivity contribution >= 4 is 5.97 Å². The predicted octanol–water partition coefficient (Wildman–Crippen LogP) is 2.84. The summed E-state index contributed by atoms with van der Waals surface area (Å²) in [5.41, 5.74) is 0.477. The average molecular weight is 226 g/mol. The van der Waals surface area contributed by atoms with Crippen LogP contribution in [-0.2, 0) is 14.3 Å². The third-order valence-corrected chi connectivity index (χ3v) is 2.78. The lowest BCUT2D eigenvalue weighted by Crippen LogP contribution is -2.17. The van der Waals surface area contributed by atoms with Crippen molar-refractivity contribution in [1.82, 2.24) is 0 Å². The van der Waals surface area contributed by atoms with E-state index >= 15 is 0 Å². The van der Waals surface area contributed by atoms with Crippen LogP contribution in [0.3, 0.4) is 0 Å². The molecule has 0 aliphatic carbocycles. The third-order valence-electron chi connectivity index (χ3n) is 2.78. The quantitative estimate of drug-likeness (QED) is 0.276. The van der Waals surface area contributed by atoms with Gasteiger partial charge in [-0.15, -0.1) is 0 Å². The summed E-state index contributed by atoms with van der Waals surface area (Å²) in [6, 6.07) is 0. The Morgan fingerprint density at radius 2 is 2.25 bits per heavy atom. The zero-order valence-corrected chi connectivity index (χ0v) is 10.3. The molecule has 3 nitrogen and oxygen atoms in total. The highest BCUT2D eigenvalue weighted by Crippen LogP contribution is 2.19. The molecule has 92 valence electrons. The summed E-state index contributed by atoms with van der Waals surface area (Å²) in [5, 5.41) is 0. The lowest BCUT2D eigenvalue weighted by Gasteiger charge is -2.15. The van der Waals surface area contributed by atoms with Crippen LogP contribution in [0.4, 0.5) is 0 Å². The lowest BCUT2D eigenvalue weighted by molar-refractivity contribution is -0.144. The van der Waals surface area contributed by atoms with Crippen LogP contribution in [0.25, 0.3) is 0 Å². The van der Waals surface area contributed by atoms with E-state index in [1.54, 1.807) is 6.92 Å². The first-order chi connectivity index (χ1) is 7.63. The largest absolute Gasteiger partial charge is 0.459 e. The molecule has 0 N–H and O–H groups in total. The van der Waals surface area contributed by atoms with Gasteiger partial charge in [0.1, 0.15) is 6.10 Å². The minimum Gasteiger partial charge on any atom is -0.459 e. The van der Waals surface area contributed by atoms with Gasteiger partial charge in [-0.3, -0.25) is 0 Å². The fraction of sp³-hybridized carbons (Fsp3) is 0.769. The normalized spacial score (nSPS) is 20.2. The van der Waals surface area contributed by atoms with E-state index in [0.29, 0.717) is 11.7 Å². The van der Waals surface area contributed by atoms with E-state index < -0.39 is 0 Å². The standard InChI is InChI=1S/C13H22O3/c1-4-11(16-13(14)10(2)3)7-5-6-8-12-9-15-12/h11-12H,2,4-9H2,1,3H3. The second-order valence-corrected chi connectivity index (χ2v) is 4.46. The van der Waals surface area contributed by atoms with E-state index in [4.69, 9.17) is 9.47 Å². The zero-order valence-electron chi connectivity index (χ0n) is 10.3. The number of ether oxygens (including phenoxy) is 2. The lowest BCUT2D eigenvalue weighted by atomic mass is 10.1. The molecule has 1 fully saturated rings. The van der Waals surface area contributed by atoms with E-state index in [1.807, 2.05) is 6.92 Å². The maximum Gasteiger partial charge on any atom is 0.333 e. The molecule has 0 radical (unpaired) electrons. The smallest absolute Gasteiger partial charge is 0.333 e. The molecule has 1 saturated heterocycles. The molecule has 0 bridgehead atoms. The molecule has 3 heteroatoms. The third kappa shape index (κ3) is 5.31. The molecular weight excluding hydrogens is 204 g/mol. The van der Waals surface area contributed by atoms with Crippen molar-refractivity contribution in [2.24, 2.45) is 0 Å². The molecule has 0 aromatic heterocycles. The van der Waals surface area contributed by atoms with Gasteiger partial charge in [0.05, 0.1) is 12.7 Å². The molecule has 2 unspecified atom stereocenters. The van der Waals surface area contributed by atoms with Crippen molar-refractivity contribution in [3.05, 3.63) is 12.2 Å². The van der Waals surface area contributed by atoms with Crippen LogP contribution < -0.4 is 0 Å². The highest BCUT2D eigenvalue weighted by atomic mass is 16.6. The van der Waals surface area contributed by atoms with Crippen molar-refractivity contribution in [1.29, 1.82) is 0 Å². The Kier molecular flexibility index (Phi) is 5.53. The summed E-state index contributed by atoms with van der Waals surface area (Å²) in [6.45, 7) is 8.23. The average Bonchev–Trinajstić information content (AvgIpc) is 3.05. The molecule has 16 heavy (non-hydrogen) atoms. The van der Waals surface area contributed by atoms with Gasteiger partial charge in [-0.1, -0.05) is 19.9 Å². The van der Waals surface area contributed by atoms with Crippen molar-refractivity contribution in [2.75, 3.05) is 6.61 Å². The van der Waals surface area contributed by atoms with Crippen LogP contribution in [0.1, 0.15) is 46.0 Å². The van der Waals surface area contributed by atoms with Gasteiger partial charge in [0, 0.05) is 5.57 Å². The first-order valence-electron chi connectivity index (χ1n) is 6.11. The highest BCUT2D eigenvalue weighted by molar-refractivity contribution is 5.87. The molecule has 1 aliphatic heterocycles. The highest BCUT2D eigenvalue weighted by Gasteiger charge is 2.21. The second-order valence-electron chi connectivity index (χ2n) is 4.46. The van der Waals surface area contributed by atoms with Gasteiger partial charge < -0.3 is 9.47 Å². The Morgan fingerprint density at radius 1 is 1.56 bits per heavy atom. The number of hydrogen-bond acceptors (Lipinski definition) is 3. The number of carbonyl (C=O) groups is 1. The molecule has 1 rings (SSSR count). The molecule has 1 aliphatic rings. The van der Waals surface area contributed by atoms with Crippen molar-refractivity contribution in [3.8, 4) is 0 Å². The predicted molar refractivity (Wildman–Crippen MR) is 63.2 cm³/mol. The molecule has 0 aromatic carbocycles. The number of esters is 1. The first kappa shape index (κ1) is 13.2. The number of epoxide rings is 1. The molecule has 0 aromatic rings. The fourth-order valence-electron chi connectivity index (χ4n) is 1.58. The van der Waals surface area contributed by atoms with E-state index in [0.717, 1.165) is 38.7 Å². The van der Waals surface area contributed by atoms with Crippen molar-refractivity contribution < 1.29 is 14.3 Å². The Labute approximate surface area is 97.8 Å². The van der Waals surface area contributed by atoms with Gasteiger partial charge in [0.2, 0.25) is 0 Å². The van der Waals surface area contributed by atoms with E-state index in [-0.39, 0.29) is 12.1 Å². The molecule has 2 atom stereocenters. The van der Waals surface area contributed by atoms with E-state index in [1.165, 1.54) is 0 Å². The first-order valence-corrected chi connectivity index (χ1v) is 6.11. The second kappa shape index (κ2) is 6.69. The summed E-state index contributed by atoms with van der Waals surface area (Å²) < 4.78 is 10.5. The summed E-state index contributed by atoms with van der Waals surface area (Å²) in [7, 11) is 0. The van der Waals surface area contributed by atoms with Crippen LogP contribution in [0.2, 0.25) is 0 Å². The van der Waals surface area contributed by atoms with E-state index in [9.17, 15) is 4.79 Å². The summed E-state index contributed by atoms with van der Waals surface area (Å²) in [6.07, 6.45) is 5.78.